The molecule has 1 atom stereocenters. The summed E-state index contributed by atoms with van der Waals surface area (Å²) >= 11 is 0. The van der Waals surface area contributed by atoms with Crippen molar-refractivity contribution in [3.8, 4) is 0 Å². The molecule has 2 aromatic carbocycles. The van der Waals surface area contributed by atoms with E-state index in [1.54, 1.807) is 6.08 Å². The van der Waals surface area contributed by atoms with E-state index >= 15 is 0 Å². The molecule has 0 spiro atoms. The average Bonchev–Trinajstić information content (AvgIpc) is 2.55. The first-order valence-corrected chi connectivity index (χ1v) is 7.22. The Hall–Kier alpha value is -2.41. The molecule has 0 heterocycles. The van der Waals surface area contributed by atoms with Crippen molar-refractivity contribution < 1.29 is 4.79 Å². The number of hydrogen-bond donors (Lipinski definition) is 0. The van der Waals surface area contributed by atoms with Crippen LogP contribution in [0.25, 0.3) is 0 Å². The molecule has 0 aromatic heterocycles. The lowest BCUT2D eigenvalue weighted by Crippen LogP contribution is -2.07. The molecule has 21 heavy (non-hydrogen) atoms. The Balaban J connectivity index is 2.14. The zero-order valence-electron chi connectivity index (χ0n) is 12.1. The fourth-order valence-electron chi connectivity index (χ4n) is 2.37. The molecule has 0 aliphatic heterocycles. The Morgan fingerprint density at radius 2 is 1.62 bits per heavy atom. The Kier molecular flexibility index (Phi) is 5.71. The van der Waals surface area contributed by atoms with Crippen LogP contribution in [0, 0.1) is 0 Å². The number of rotatable bonds is 7. The third-order valence-electron chi connectivity index (χ3n) is 3.49. The van der Waals surface area contributed by atoms with Crippen molar-refractivity contribution in [3.05, 3.63) is 96.6 Å². The van der Waals surface area contributed by atoms with Gasteiger partial charge >= 0.3 is 0 Å². The zero-order chi connectivity index (χ0) is 14.9. The van der Waals surface area contributed by atoms with E-state index in [2.05, 4.69) is 24.8 Å². The number of ketones is 1. The van der Waals surface area contributed by atoms with Gasteiger partial charge in [-0.25, -0.2) is 0 Å². The van der Waals surface area contributed by atoms with Gasteiger partial charge in [0.15, 0.2) is 5.78 Å². The lowest BCUT2D eigenvalue weighted by atomic mass is 9.89. The number of carbonyl (C=O) groups is 1. The first kappa shape index (κ1) is 15.0. The van der Waals surface area contributed by atoms with Gasteiger partial charge in [0.1, 0.15) is 0 Å². The highest BCUT2D eigenvalue weighted by Gasteiger charge is 2.15. The maximum absolute atomic E-state index is 12.4. The monoisotopic (exact) mass is 276 g/mol. The maximum Gasteiger partial charge on any atom is 0.163 e. The van der Waals surface area contributed by atoms with Crippen LogP contribution in [0.1, 0.15) is 34.7 Å². The molecule has 0 fully saturated rings. The predicted octanol–water partition coefficient (Wildman–Crippen LogP) is 5.18. The Morgan fingerprint density at radius 1 is 1.00 bits per heavy atom. The van der Waals surface area contributed by atoms with Crippen molar-refractivity contribution in [2.45, 2.75) is 18.8 Å². The van der Waals surface area contributed by atoms with Crippen molar-refractivity contribution >= 4 is 5.78 Å². The van der Waals surface area contributed by atoms with E-state index in [0.29, 0.717) is 6.42 Å². The molecule has 2 rings (SSSR count). The molecule has 0 N–H and O–H groups in total. The van der Waals surface area contributed by atoms with E-state index in [0.717, 1.165) is 12.0 Å². The fourth-order valence-corrected chi connectivity index (χ4v) is 2.37. The van der Waals surface area contributed by atoms with Gasteiger partial charge in [-0.05, 0) is 17.9 Å². The van der Waals surface area contributed by atoms with Gasteiger partial charge in [-0.1, -0.05) is 85.5 Å². The fraction of sp³-hybridized carbons (Fsp3) is 0.150. The lowest BCUT2D eigenvalue weighted by molar-refractivity contribution is 0.0974. The molecule has 0 aliphatic rings. The summed E-state index contributed by atoms with van der Waals surface area (Å²) in [7, 11) is 0. The molecular formula is C20H20O. The minimum absolute atomic E-state index is 0.191. The minimum atomic E-state index is 0.191. The van der Waals surface area contributed by atoms with Gasteiger partial charge in [-0.2, -0.15) is 0 Å². The van der Waals surface area contributed by atoms with Crippen molar-refractivity contribution in [2.24, 2.45) is 0 Å². The second kappa shape index (κ2) is 8.01. The normalized spacial score (nSPS) is 12.2. The van der Waals surface area contributed by atoms with Gasteiger partial charge in [0, 0.05) is 12.0 Å². The van der Waals surface area contributed by atoms with Crippen LogP contribution in [0.2, 0.25) is 0 Å². The molecule has 106 valence electrons. The molecule has 1 heteroatoms. The van der Waals surface area contributed by atoms with Gasteiger partial charge < -0.3 is 0 Å². The zero-order valence-corrected chi connectivity index (χ0v) is 12.1. The molecular weight excluding hydrogens is 256 g/mol. The SMILES string of the molecule is C=CC=CCC(CC(=O)c1ccccc1)c1ccccc1. The molecule has 0 bridgehead atoms. The van der Waals surface area contributed by atoms with Crippen LogP contribution in [0.5, 0.6) is 0 Å². The number of benzene rings is 2. The van der Waals surface area contributed by atoms with Crippen LogP contribution in [0.3, 0.4) is 0 Å². The molecule has 2 aromatic rings. The summed E-state index contributed by atoms with van der Waals surface area (Å²) in [6.07, 6.45) is 7.14. The summed E-state index contributed by atoms with van der Waals surface area (Å²) in [6.45, 7) is 3.69. The standard InChI is InChI=1S/C20H20O/c1-2-3-6-15-19(17-11-7-4-8-12-17)16-20(21)18-13-9-5-10-14-18/h2-14,19H,1,15-16H2. The molecule has 0 radical (unpaired) electrons. The highest BCUT2D eigenvalue weighted by atomic mass is 16.1. The van der Waals surface area contributed by atoms with Crippen LogP contribution in [-0.2, 0) is 0 Å². The van der Waals surface area contributed by atoms with E-state index in [9.17, 15) is 4.79 Å². The molecule has 1 unspecified atom stereocenters. The number of hydrogen-bond acceptors (Lipinski definition) is 1. The molecule has 1 nitrogen and oxygen atoms in total. The summed E-state index contributed by atoms with van der Waals surface area (Å²) in [4.78, 5) is 12.4. The summed E-state index contributed by atoms with van der Waals surface area (Å²) < 4.78 is 0. The smallest absolute Gasteiger partial charge is 0.163 e. The number of Topliss-reactive ketones (excluding diaryl/α,β-unsaturated/α-hetero) is 1. The number of carbonyl (C=O) groups excluding carboxylic acids is 1. The van der Waals surface area contributed by atoms with E-state index in [4.69, 9.17) is 0 Å². The van der Waals surface area contributed by atoms with Gasteiger partial charge in [0.2, 0.25) is 0 Å². The average molecular weight is 276 g/mol. The second-order valence-electron chi connectivity index (χ2n) is 5.00. The van der Waals surface area contributed by atoms with Crippen LogP contribution < -0.4 is 0 Å². The Labute approximate surface area is 126 Å². The maximum atomic E-state index is 12.4. The summed E-state index contributed by atoms with van der Waals surface area (Å²) in [5.41, 5.74) is 1.99. The predicted molar refractivity (Wildman–Crippen MR) is 88.5 cm³/mol. The van der Waals surface area contributed by atoms with Gasteiger partial charge in [0.25, 0.3) is 0 Å². The van der Waals surface area contributed by atoms with Crippen LogP contribution in [0.15, 0.2) is 85.5 Å². The summed E-state index contributed by atoms with van der Waals surface area (Å²) in [6, 6.07) is 19.7. The van der Waals surface area contributed by atoms with Crippen LogP contribution in [-0.4, -0.2) is 5.78 Å². The highest BCUT2D eigenvalue weighted by Crippen LogP contribution is 2.25. The Morgan fingerprint density at radius 3 is 2.24 bits per heavy atom. The van der Waals surface area contributed by atoms with E-state index < -0.39 is 0 Å². The first-order valence-electron chi connectivity index (χ1n) is 7.22. The van der Waals surface area contributed by atoms with E-state index in [1.807, 2.05) is 54.6 Å². The second-order valence-corrected chi connectivity index (χ2v) is 5.00. The van der Waals surface area contributed by atoms with Gasteiger partial charge in [0.05, 0.1) is 0 Å². The highest BCUT2D eigenvalue weighted by molar-refractivity contribution is 5.96. The lowest BCUT2D eigenvalue weighted by Gasteiger charge is -2.15. The molecule has 0 amide bonds. The molecule has 0 saturated carbocycles. The first-order chi connectivity index (χ1) is 10.3. The van der Waals surface area contributed by atoms with Crippen molar-refractivity contribution in [1.29, 1.82) is 0 Å². The summed E-state index contributed by atoms with van der Waals surface area (Å²) in [5.74, 6) is 0.395. The largest absolute Gasteiger partial charge is 0.294 e. The third-order valence-corrected chi connectivity index (χ3v) is 3.49. The van der Waals surface area contributed by atoms with Gasteiger partial charge in [-0.3, -0.25) is 4.79 Å². The molecule has 0 aliphatic carbocycles. The third kappa shape index (κ3) is 4.57. The van der Waals surface area contributed by atoms with E-state index in [-0.39, 0.29) is 11.7 Å². The summed E-state index contributed by atoms with van der Waals surface area (Å²) in [5, 5.41) is 0. The van der Waals surface area contributed by atoms with Gasteiger partial charge in [-0.15, -0.1) is 0 Å². The van der Waals surface area contributed by atoms with Crippen molar-refractivity contribution in [2.75, 3.05) is 0 Å². The minimum Gasteiger partial charge on any atom is -0.294 e. The molecule has 0 saturated heterocycles. The quantitative estimate of drug-likeness (QED) is 0.503. The number of allylic oxidation sites excluding steroid dienone is 3. The Bertz CT molecular complexity index is 596. The topological polar surface area (TPSA) is 17.1 Å². The van der Waals surface area contributed by atoms with E-state index in [1.165, 1.54) is 5.56 Å². The van der Waals surface area contributed by atoms with Crippen molar-refractivity contribution in [3.63, 3.8) is 0 Å². The van der Waals surface area contributed by atoms with Crippen LogP contribution in [0.4, 0.5) is 0 Å². The van der Waals surface area contributed by atoms with Crippen LogP contribution >= 0.6 is 0 Å². The van der Waals surface area contributed by atoms with Crippen molar-refractivity contribution in [1.82, 2.24) is 0 Å².